The standard InChI is InChI=1S/C9H9F3N4O5/c1-8(7(17)18,9(10,11)12)15-5-4(16(19)20)6(21-2)14-3-13-5/h3H,1-2H3,(H,17,18)(H,13,14,15). The lowest BCUT2D eigenvalue weighted by Gasteiger charge is -2.28. The summed E-state index contributed by atoms with van der Waals surface area (Å²) in [6.07, 6.45) is -4.53. The van der Waals surface area contributed by atoms with Gasteiger partial charge in [-0.25, -0.2) is 9.78 Å². The summed E-state index contributed by atoms with van der Waals surface area (Å²) in [5, 5.41) is 21.2. The number of halogens is 3. The second kappa shape index (κ2) is 5.38. The monoisotopic (exact) mass is 310 g/mol. The summed E-state index contributed by atoms with van der Waals surface area (Å²) in [4.78, 5) is 27.3. The van der Waals surface area contributed by atoms with E-state index in [1.807, 2.05) is 0 Å². The van der Waals surface area contributed by atoms with Gasteiger partial charge >= 0.3 is 17.8 Å². The van der Waals surface area contributed by atoms with Crippen LogP contribution in [0.2, 0.25) is 0 Å². The first-order valence-electron chi connectivity index (χ1n) is 5.16. The molecule has 1 aromatic heterocycles. The molecule has 1 heterocycles. The largest absolute Gasteiger partial charge is 0.479 e. The van der Waals surface area contributed by atoms with Crippen molar-refractivity contribution in [1.29, 1.82) is 0 Å². The minimum atomic E-state index is -5.23. The quantitative estimate of drug-likeness (QED) is 0.613. The molecule has 0 aliphatic heterocycles. The van der Waals surface area contributed by atoms with Crippen molar-refractivity contribution in [1.82, 2.24) is 9.97 Å². The fourth-order valence-electron chi connectivity index (χ4n) is 1.25. The average Bonchev–Trinajstić information content (AvgIpc) is 2.36. The molecule has 0 radical (unpaired) electrons. The van der Waals surface area contributed by atoms with Crippen LogP contribution in [0.4, 0.5) is 24.7 Å². The zero-order chi connectivity index (χ0) is 16.4. The predicted molar refractivity (Wildman–Crippen MR) is 61.0 cm³/mol. The molecule has 0 fully saturated rings. The molecule has 0 aliphatic rings. The fraction of sp³-hybridized carbons (Fsp3) is 0.444. The van der Waals surface area contributed by atoms with Gasteiger partial charge in [0.1, 0.15) is 6.33 Å². The van der Waals surface area contributed by atoms with Crippen molar-refractivity contribution in [3.8, 4) is 5.88 Å². The van der Waals surface area contributed by atoms with E-state index >= 15 is 0 Å². The Morgan fingerprint density at radius 1 is 1.48 bits per heavy atom. The van der Waals surface area contributed by atoms with Gasteiger partial charge in [-0.2, -0.15) is 18.2 Å². The van der Waals surface area contributed by atoms with Crippen molar-refractivity contribution >= 4 is 17.5 Å². The molecule has 0 saturated heterocycles. The van der Waals surface area contributed by atoms with Crippen LogP contribution in [0.25, 0.3) is 0 Å². The number of ether oxygens (including phenoxy) is 1. The third-order valence-electron chi connectivity index (χ3n) is 2.53. The molecule has 1 atom stereocenters. The highest BCUT2D eigenvalue weighted by Crippen LogP contribution is 2.37. The molecule has 0 spiro atoms. The van der Waals surface area contributed by atoms with Gasteiger partial charge in [0.15, 0.2) is 0 Å². The molecule has 0 amide bonds. The van der Waals surface area contributed by atoms with E-state index in [4.69, 9.17) is 5.11 Å². The molecule has 12 heteroatoms. The average molecular weight is 310 g/mol. The molecule has 0 saturated carbocycles. The van der Waals surface area contributed by atoms with Crippen molar-refractivity contribution in [2.24, 2.45) is 0 Å². The summed E-state index contributed by atoms with van der Waals surface area (Å²) in [6.45, 7) is 0.313. The van der Waals surface area contributed by atoms with Gasteiger partial charge in [0, 0.05) is 0 Å². The van der Waals surface area contributed by atoms with Crippen LogP contribution in [0.5, 0.6) is 5.88 Å². The van der Waals surface area contributed by atoms with Crippen LogP contribution >= 0.6 is 0 Å². The number of hydrogen-bond acceptors (Lipinski definition) is 7. The van der Waals surface area contributed by atoms with Crippen molar-refractivity contribution in [2.75, 3.05) is 12.4 Å². The molecular formula is C9H9F3N4O5. The number of aromatic nitrogens is 2. The molecule has 9 nitrogen and oxygen atoms in total. The summed E-state index contributed by atoms with van der Waals surface area (Å²) in [5.41, 5.74) is -4.48. The summed E-state index contributed by atoms with van der Waals surface area (Å²) < 4.78 is 43.2. The van der Waals surface area contributed by atoms with Gasteiger partial charge in [0.2, 0.25) is 11.4 Å². The van der Waals surface area contributed by atoms with Crippen LogP contribution in [-0.2, 0) is 4.79 Å². The van der Waals surface area contributed by atoms with E-state index in [1.165, 1.54) is 5.32 Å². The Morgan fingerprint density at radius 2 is 2.05 bits per heavy atom. The maximum absolute atomic E-state index is 12.9. The van der Waals surface area contributed by atoms with E-state index < -0.39 is 40.0 Å². The lowest BCUT2D eigenvalue weighted by atomic mass is 10.0. The molecule has 0 aliphatic carbocycles. The Morgan fingerprint density at radius 3 is 2.43 bits per heavy atom. The van der Waals surface area contributed by atoms with Crippen LogP contribution in [0.1, 0.15) is 6.92 Å². The maximum atomic E-state index is 12.9. The summed E-state index contributed by atoms with van der Waals surface area (Å²) in [6, 6.07) is 0. The van der Waals surface area contributed by atoms with Gasteiger partial charge < -0.3 is 15.2 Å². The highest BCUT2D eigenvalue weighted by molar-refractivity contribution is 5.84. The smallest absolute Gasteiger partial charge is 0.422 e. The topological polar surface area (TPSA) is 127 Å². The van der Waals surface area contributed by atoms with Crippen LogP contribution in [0, 0.1) is 10.1 Å². The van der Waals surface area contributed by atoms with Crippen LogP contribution < -0.4 is 10.1 Å². The third-order valence-corrected chi connectivity index (χ3v) is 2.53. The van der Waals surface area contributed by atoms with Gasteiger partial charge in [-0.15, -0.1) is 0 Å². The number of nitrogens with zero attached hydrogens (tertiary/aromatic N) is 3. The third kappa shape index (κ3) is 2.93. The number of carbonyl (C=O) groups is 1. The zero-order valence-electron chi connectivity index (χ0n) is 10.6. The Labute approximate surface area is 114 Å². The number of carboxylic acids is 1. The number of rotatable bonds is 5. The maximum Gasteiger partial charge on any atom is 0.422 e. The van der Waals surface area contributed by atoms with Crippen LogP contribution in [0.15, 0.2) is 6.33 Å². The minimum Gasteiger partial charge on any atom is -0.479 e. The second-order valence-electron chi connectivity index (χ2n) is 3.89. The normalized spacial score (nSPS) is 14.1. The van der Waals surface area contributed by atoms with E-state index in [9.17, 15) is 28.1 Å². The molecule has 1 unspecified atom stereocenters. The van der Waals surface area contributed by atoms with Crippen molar-refractivity contribution < 1.29 is 32.7 Å². The first-order valence-corrected chi connectivity index (χ1v) is 5.16. The molecular weight excluding hydrogens is 301 g/mol. The number of methoxy groups -OCH3 is 1. The number of alkyl halides is 3. The van der Waals surface area contributed by atoms with Crippen LogP contribution in [-0.4, -0.2) is 44.8 Å². The van der Waals surface area contributed by atoms with E-state index in [2.05, 4.69) is 14.7 Å². The Kier molecular flexibility index (Phi) is 4.20. The molecule has 0 aromatic carbocycles. The molecule has 1 rings (SSSR count). The van der Waals surface area contributed by atoms with Gasteiger partial charge in [0.25, 0.3) is 5.88 Å². The van der Waals surface area contributed by atoms with Crippen molar-refractivity contribution in [3.05, 3.63) is 16.4 Å². The fourth-order valence-corrected chi connectivity index (χ4v) is 1.25. The minimum absolute atomic E-state index is 0.313. The number of carboxylic acid groups (broad SMARTS) is 1. The second-order valence-corrected chi connectivity index (χ2v) is 3.89. The number of nitrogens with one attached hydrogen (secondary N) is 1. The highest BCUT2D eigenvalue weighted by Gasteiger charge is 2.58. The zero-order valence-corrected chi connectivity index (χ0v) is 10.6. The predicted octanol–water partition coefficient (Wildman–Crippen LogP) is 1.21. The van der Waals surface area contributed by atoms with Gasteiger partial charge in [-0.05, 0) is 6.92 Å². The highest BCUT2D eigenvalue weighted by atomic mass is 19.4. The van der Waals surface area contributed by atoms with Gasteiger partial charge in [-0.1, -0.05) is 0 Å². The van der Waals surface area contributed by atoms with E-state index in [-0.39, 0.29) is 0 Å². The van der Waals surface area contributed by atoms with Crippen molar-refractivity contribution in [3.63, 3.8) is 0 Å². The lowest BCUT2D eigenvalue weighted by molar-refractivity contribution is -0.385. The molecule has 2 N–H and O–H groups in total. The van der Waals surface area contributed by atoms with E-state index in [0.29, 0.717) is 13.3 Å². The molecule has 116 valence electrons. The first kappa shape index (κ1) is 16.4. The number of anilines is 1. The lowest BCUT2D eigenvalue weighted by Crippen LogP contribution is -2.55. The number of hydrogen-bond donors (Lipinski definition) is 2. The van der Waals surface area contributed by atoms with Gasteiger partial charge in [0.05, 0.1) is 12.0 Å². The molecule has 0 bridgehead atoms. The summed E-state index contributed by atoms with van der Waals surface area (Å²) >= 11 is 0. The van der Waals surface area contributed by atoms with E-state index in [0.717, 1.165) is 7.11 Å². The van der Waals surface area contributed by atoms with Gasteiger partial charge in [-0.3, -0.25) is 10.1 Å². The Bertz CT molecular complexity index is 579. The van der Waals surface area contributed by atoms with Crippen molar-refractivity contribution in [2.45, 2.75) is 18.6 Å². The van der Waals surface area contributed by atoms with Crippen LogP contribution in [0.3, 0.4) is 0 Å². The number of aliphatic carboxylic acids is 1. The Balaban J connectivity index is 3.42. The first-order chi connectivity index (χ1) is 9.54. The molecule has 21 heavy (non-hydrogen) atoms. The summed E-state index contributed by atoms with van der Waals surface area (Å²) in [5.74, 6) is -3.80. The SMILES string of the molecule is COc1ncnc(NC(C)(C(=O)O)C(F)(F)F)c1[N+](=O)[O-]. The number of nitro groups is 1. The summed E-state index contributed by atoms with van der Waals surface area (Å²) in [7, 11) is 1.01. The Hall–Kier alpha value is -2.66. The van der Waals surface area contributed by atoms with E-state index in [1.54, 1.807) is 0 Å². The molecule has 1 aromatic rings.